The molecule has 5 rings (SSSR count). The van der Waals surface area contributed by atoms with Gasteiger partial charge in [-0.1, -0.05) is 42.5 Å². The molecule has 0 fully saturated rings. The first kappa shape index (κ1) is 14.8. The van der Waals surface area contributed by atoms with E-state index in [1.807, 2.05) is 35.2 Å². The first-order valence-electron chi connectivity index (χ1n) is 8.44. The first-order chi connectivity index (χ1) is 12.7. The van der Waals surface area contributed by atoms with Crippen molar-refractivity contribution in [3.8, 4) is 11.5 Å². The standard InChI is InChI=1S/C21H17N3O2/c22-21(23)24(11-13-4-9-18-19(10-13)26-12-25-18)17-8-7-15-6-5-14-2-1-3-16(17)20(14)15/h1-10H,11-12H2,(H3,22,23). The van der Waals surface area contributed by atoms with E-state index in [1.165, 1.54) is 16.5 Å². The number of nitrogens with zero attached hydrogens (tertiary/aromatic N) is 1. The molecule has 0 saturated carbocycles. The van der Waals surface area contributed by atoms with Crippen LogP contribution >= 0.6 is 0 Å². The fourth-order valence-corrected chi connectivity index (χ4v) is 3.66. The number of ether oxygens (including phenoxy) is 2. The van der Waals surface area contributed by atoms with Gasteiger partial charge in [0.05, 0.1) is 12.2 Å². The lowest BCUT2D eigenvalue weighted by atomic mass is 10.0. The van der Waals surface area contributed by atoms with Gasteiger partial charge in [-0.15, -0.1) is 0 Å². The summed E-state index contributed by atoms with van der Waals surface area (Å²) in [6.07, 6.45) is 4.24. The number of fused-ring (bicyclic) bond motifs is 1. The van der Waals surface area contributed by atoms with Crippen molar-refractivity contribution in [3.05, 3.63) is 65.2 Å². The summed E-state index contributed by atoms with van der Waals surface area (Å²) in [4.78, 5) is 1.82. The van der Waals surface area contributed by atoms with Gasteiger partial charge in [-0.05, 0) is 40.3 Å². The summed E-state index contributed by atoms with van der Waals surface area (Å²) in [6, 6.07) is 16.2. The minimum Gasteiger partial charge on any atom is -0.454 e. The van der Waals surface area contributed by atoms with Gasteiger partial charge in [0.15, 0.2) is 17.5 Å². The van der Waals surface area contributed by atoms with E-state index in [0.717, 1.165) is 28.1 Å². The van der Waals surface area contributed by atoms with Gasteiger partial charge >= 0.3 is 0 Å². The predicted molar refractivity (Wildman–Crippen MR) is 104 cm³/mol. The van der Waals surface area contributed by atoms with Crippen LogP contribution in [0.5, 0.6) is 11.5 Å². The largest absolute Gasteiger partial charge is 0.454 e. The maximum atomic E-state index is 8.12. The Kier molecular flexibility index (Phi) is 3.15. The zero-order chi connectivity index (χ0) is 17.7. The maximum Gasteiger partial charge on any atom is 0.231 e. The molecule has 0 aromatic heterocycles. The molecule has 0 amide bonds. The van der Waals surface area contributed by atoms with Crippen molar-refractivity contribution < 1.29 is 9.47 Å². The van der Waals surface area contributed by atoms with Crippen LogP contribution < -0.4 is 20.1 Å². The Morgan fingerprint density at radius 2 is 1.81 bits per heavy atom. The number of hydrogen-bond donors (Lipinski definition) is 2. The molecule has 2 aliphatic rings. The average Bonchev–Trinajstić information content (AvgIpc) is 3.28. The molecule has 0 saturated heterocycles. The van der Waals surface area contributed by atoms with Crippen LogP contribution in [0.4, 0.5) is 5.69 Å². The number of hydrogen-bond acceptors (Lipinski definition) is 3. The van der Waals surface area contributed by atoms with Crippen LogP contribution in [0.2, 0.25) is 0 Å². The predicted octanol–water partition coefficient (Wildman–Crippen LogP) is 3.95. The van der Waals surface area contributed by atoms with Gasteiger partial charge in [0.2, 0.25) is 6.79 Å². The number of guanidine groups is 1. The minimum atomic E-state index is 0.00864. The van der Waals surface area contributed by atoms with Gasteiger partial charge in [0.25, 0.3) is 0 Å². The second kappa shape index (κ2) is 5.52. The molecule has 26 heavy (non-hydrogen) atoms. The molecule has 5 nitrogen and oxygen atoms in total. The third kappa shape index (κ3) is 2.21. The van der Waals surface area contributed by atoms with E-state index in [9.17, 15) is 0 Å². The zero-order valence-corrected chi connectivity index (χ0v) is 14.0. The van der Waals surface area contributed by atoms with E-state index < -0.39 is 0 Å². The molecule has 3 N–H and O–H groups in total. The molecule has 0 radical (unpaired) electrons. The maximum absolute atomic E-state index is 8.12. The van der Waals surface area contributed by atoms with Gasteiger partial charge in [-0.3, -0.25) is 5.41 Å². The highest BCUT2D eigenvalue weighted by atomic mass is 16.7. The third-order valence-corrected chi connectivity index (χ3v) is 4.88. The molecule has 0 spiro atoms. The highest BCUT2D eigenvalue weighted by molar-refractivity contribution is 6.12. The van der Waals surface area contributed by atoms with Crippen molar-refractivity contribution in [1.82, 2.24) is 0 Å². The minimum absolute atomic E-state index is 0.00864. The molecule has 128 valence electrons. The molecule has 3 aromatic rings. The normalized spacial score (nSPS) is 13.4. The van der Waals surface area contributed by atoms with E-state index in [0.29, 0.717) is 6.54 Å². The number of anilines is 1. The topological polar surface area (TPSA) is 71.6 Å². The Labute approximate surface area is 150 Å². The molecule has 1 heterocycles. The van der Waals surface area contributed by atoms with Crippen molar-refractivity contribution in [3.63, 3.8) is 0 Å². The molecule has 0 unspecified atom stereocenters. The van der Waals surface area contributed by atoms with Crippen LogP contribution in [0.1, 0.15) is 16.7 Å². The van der Waals surface area contributed by atoms with Crippen LogP contribution in [0, 0.1) is 5.41 Å². The van der Waals surface area contributed by atoms with Crippen molar-refractivity contribution >= 4 is 34.6 Å². The lowest BCUT2D eigenvalue weighted by Crippen LogP contribution is -2.36. The van der Waals surface area contributed by atoms with Crippen molar-refractivity contribution in [2.24, 2.45) is 5.73 Å². The van der Waals surface area contributed by atoms with Crippen molar-refractivity contribution in [2.75, 3.05) is 11.7 Å². The molecule has 3 aromatic carbocycles. The SMILES string of the molecule is N=C(N)N(Cc1ccc2c(c1)OCO2)c1ccc2c3c(cccc13)C=C2. The summed E-state index contributed by atoms with van der Waals surface area (Å²) >= 11 is 0. The van der Waals surface area contributed by atoms with E-state index in [1.54, 1.807) is 0 Å². The quantitative estimate of drug-likeness (QED) is 0.436. The lowest BCUT2D eigenvalue weighted by Gasteiger charge is -2.25. The van der Waals surface area contributed by atoms with Crippen molar-refractivity contribution in [2.45, 2.75) is 6.54 Å². The number of nitrogens with one attached hydrogen (secondary N) is 1. The Morgan fingerprint density at radius 1 is 1.00 bits per heavy atom. The molecular formula is C21H17N3O2. The summed E-state index contributed by atoms with van der Waals surface area (Å²) in [5.74, 6) is 1.49. The lowest BCUT2D eigenvalue weighted by molar-refractivity contribution is 0.174. The number of benzene rings is 3. The number of rotatable bonds is 3. The summed E-state index contributed by atoms with van der Waals surface area (Å²) in [7, 11) is 0. The van der Waals surface area contributed by atoms with Gasteiger partial charge < -0.3 is 20.1 Å². The molecule has 0 atom stereocenters. The van der Waals surface area contributed by atoms with E-state index in [-0.39, 0.29) is 12.8 Å². The summed E-state index contributed by atoms with van der Waals surface area (Å²) in [5, 5.41) is 10.4. The van der Waals surface area contributed by atoms with E-state index >= 15 is 0 Å². The Hall–Kier alpha value is -3.47. The highest BCUT2D eigenvalue weighted by Crippen LogP contribution is 2.38. The average molecular weight is 343 g/mol. The number of nitrogens with two attached hydrogens (primary N) is 1. The highest BCUT2D eigenvalue weighted by Gasteiger charge is 2.19. The molecule has 5 heteroatoms. The molecule has 1 aliphatic carbocycles. The summed E-state index contributed by atoms with van der Waals surface area (Å²) < 4.78 is 10.8. The Balaban J connectivity index is 1.59. The second-order valence-corrected chi connectivity index (χ2v) is 6.44. The zero-order valence-electron chi connectivity index (χ0n) is 14.0. The van der Waals surface area contributed by atoms with E-state index in [2.05, 4.69) is 30.4 Å². The summed E-state index contributed by atoms with van der Waals surface area (Å²) in [5.41, 5.74) is 10.3. The monoisotopic (exact) mass is 343 g/mol. The fourth-order valence-electron chi connectivity index (χ4n) is 3.66. The van der Waals surface area contributed by atoms with Gasteiger partial charge in [-0.25, -0.2) is 0 Å². The van der Waals surface area contributed by atoms with Gasteiger partial charge in [0, 0.05) is 5.39 Å². The third-order valence-electron chi connectivity index (χ3n) is 4.88. The van der Waals surface area contributed by atoms with Crippen LogP contribution in [-0.4, -0.2) is 12.8 Å². The molecule has 0 bridgehead atoms. The first-order valence-corrected chi connectivity index (χ1v) is 8.44. The molecular weight excluding hydrogens is 326 g/mol. The Bertz CT molecular complexity index is 1080. The van der Waals surface area contributed by atoms with Crippen LogP contribution in [0.15, 0.2) is 48.5 Å². The van der Waals surface area contributed by atoms with Gasteiger partial charge in [-0.2, -0.15) is 0 Å². The molecule has 1 aliphatic heterocycles. The van der Waals surface area contributed by atoms with E-state index in [4.69, 9.17) is 20.6 Å². The van der Waals surface area contributed by atoms with Gasteiger partial charge in [0.1, 0.15) is 0 Å². The Morgan fingerprint density at radius 3 is 2.65 bits per heavy atom. The fraction of sp³-hybridized carbons (Fsp3) is 0.0952. The second-order valence-electron chi connectivity index (χ2n) is 6.44. The van der Waals surface area contributed by atoms with Crippen molar-refractivity contribution in [1.29, 1.82) is 5.41 Å². The summed E-state index contributed by atoms with van der Waals surface area (Å²) in [6.45, 7) is 0.731. The smallest absolute Gasteiger partial charge is 0.231 e. The van der Waals surface area contributed by atoms with Crippen LogP contribution in [0.25, 0.3) is 22.9 Å². The van der Waals surface area contributed by atoms with Crippen LogP contribution in [0.3, 0.4) is 0 Å². The van der Waals surface area contributed by atoms with Crippen LogP contribution in [-0.2, 0) is 6.54 Å².